The van der Waals surface area contributed by atoms with Crippen LogP contribution in [0.3, 0.4) is 0 Å². The van der Waals surface area contributed by atoms with Crippen LogP contribution in [0.2, 0.25) is 0 Å². The SMILES string of the molecule is O=c1cnc2ccccc2n1C1=CC=CCC1=S. The zero-order chi connectivity index (χ0) is 12.5. The van der Waals surface area contributed by atoms with Crippen molar-refractivity contribution in [1.29, 1.82) is 0 Å². The molecule has 4 heteroatoms. The summed E-state index contributed by atoms with van der Waals surface area (Å²) in [6.45, 7) is 0. The summed E-state index contributed by atoms with van der Waals surface area (Å²) in [5.74, 6) is 0. The average molecular weight is 254 g/mol. The smallest absolute Gasteiger partial charge is 0.273 e. The summed E-state index contributed by atoms with van der Waals surface area (Å²) in [4.78, 5) is 17.0. The monoisotopic (exact) mass is 254 g/mol. The van der Waals surface area contributed by atoms with Crippen LogP contribution in [0.4, 0.5) is 0 Å². The van der Waals surface area contributed by atoms with Crippen molar-refractivity contribution in [3.8, 4) is 0 Å². The summed E-state index contributed by atoms with van der Waals surface area (Å²) in [5.41, 5.74) is 2.19. The number of rotatable bonds is 1. The van der Waals surface area contributed by atoms with E-state index in [9.17, 15) is 4.79 Å². The van der Waals surface area contributed by atoms with E-state index in [2.05, 4.69) is 4.98 Å². The normalized spacial score (nSPS) is 14.9. The van der Waals surface area contributed by atoms with Crippen LogP contribution in [0, 0.1) is 0 Å². The van der Waals surface area contributed by atoms with E-state index in [-0.39, 0.29) is 5.56 Å². The van der Waals surface area contributed by atoms with Gasteiger partial charge in [0.2, 0.25) is 0 Å². The van der Waals surface area contributed by atoms with Gasteiger partial charge < -0.3 is 0 Å². The van der Waals surface area contributed by atoms with Crippen molar-refractivity contribution in [2.24, 2.45) is 0 Å². The number of hydrogen-bond acceptors (Lipinski definition) is 3. The van der Waals surface area contributed by atoms with E-state index in [1.807, 2.05) is 42.5 Å². The van der Waals surface area contributed by atoms with Crippen molar-refractivity contribution in [1.82, 2.24) is 9.55 Å². The standard InChI is InChI=1S/C14H10N2OS/c17-14-9-15-10-5-1-2-6-11(10)16(14)12-7-3-4-8-13(12)18/h1-7,9H,8H2. The number of thiocarbonyl (C=S) groups is 1. The van der Waals surface area contributed by atoms with E-state index in [1.54, 1.807) is 4.57 Å². The average Bonchev–Trinajstić information content (AvgIpc) is 2.40. The molecule has 1 aromatic heterocycles. The molecule has 18 heavy (non-hydrogen) atoms. The van der Waals surface area contributed by atoms with Gasteiger partial charge in [0.05, 0.1) is 22.9 Å². The molecule has 0 aliphatic heterocycles. The van der Waals surface area contributed by atoms with Gasteiger partial charge in [0.25, 0.3) is 5.56 Å². The first-order valence-corrected chi connectivity index (χ1v) is 6.05. The van der Waals surface area contributed by atoms with Crippen LogP contribution >= 0.6 is 12.2 Å². The molecule has 1 aromatic carbocycles. The van der Waals surface area contributed by atoms with Crippen LogP contribution in [0.1, 0.15) is 6.42 Å². The lowest BCUT2D eigenvalue weighted by molar-refractivity contribution is 1.06. The molecule has 0 fully saturated rings. The lowest BCUT2D eigenvalue weighted by atomic mass is 10.1. The minimum Gasteiger partial charge on any atom is -0.273 e. The van der Waals surface area contributed by atoms with Crippen LogP contribution in [0.15, 0.2) is 53.5 Å². The third kappa shape index (κ3) is 1.71. The van der Waals surface area contributed by atoms with Gasteiger partial charge in [0.15, 0.2) is 0 Å². The van der Waals surface area contributed by atoms with Crippen molar-refractivity contribution in [3.05, 3.63) is 59.0 Å². The fourth-order valence-corrected chi connectivity index (χ4v) is 2.30. The third-order valence-corrected chi connectivity index (χ3v) is 3.25. The fourth-order valence-electron chi connectivity index (χ4n) is 2.04. The van der Waals surface area contributed by atoms with E-state index in [4.69, 9.17) is 12.2 Å². The molecule has 0 N–H and O–H groups in total. The van der Waals surface area contributed by atoms with E-state index in [0.717, 1.165) is 21.6 Å². The number of hydrogen-bond donors (Lipinski definition) is 0. The lowest BCUT2D eigenvalue weighted by Crippen LogP contribution is -2.23. The predicted octanol–water partition coefficient (Wildman–Crippen LogP) is 2.57. The zero-order valence-corrected chi connectivity index (χ0v) is 10.4. The molecule has 0 bridgehead atoms. The van der Waals surface area contributed by atoms with E-state index >= 15 is 0 Å². The molecule has 3 nitrogen and oxygen atoms in total. The van der Waals surface area contributed by atoms with Gasteiger partial charge in [0.1, 0.15) is 0 Å². The van der Waals surface area contributed by atoms with Crippen molar-refractivity contribution < 1.29 is 0 Å². The van der Waals surface area contributed by atoms with Crippen LogP contribution in [0.25, 0.3) is 16.7 Å². The van der Waals surface area contributed by atoms with Crippen molar-refractivity contribution in [2.45, 2.75) is 6.42 Å². The molecule has 0 spiro atoms. The Morgan fingerprint density at radius 2 is 2.11 bits per heavy atom. The highest BCUT2D eigenvalue weighted by atomic mass is 32.1. The minimum absolute atomic E-state index is 0.155. The molecule has 0 saturated carbocycles. The van der Waals surface area contributed by atoms with E-state index < -0.39 is 0 Å². The van der Waals surface area contributed by atoms with Gasteiger partial charge in [-0.1, -0.05) is 36.5 Å². The maximum absolute atomic E-state index is 12.1. The topological polar surface area (TPSA) is 34.9 Å². The molecule has 0 atom stereocenters. The van der Waals surface area contributed by atoms with Crippen molar-refractivity contribution >= 4 is 33.8 Å². The van der Waals surface area contributed by atoms with Gasteiger partial charge in [-0.15, -0.1) is 0 Å². The van der Waals surface area contributed by atoms with Gasteiger partial charge in [-0.25, -0.2) is 4.98 Å². The Kier molecular flexibility index (Phi) is 2.64. The molecule has 2 aromatic rings. The predicted molar refractivity (Wildman–Crippen MR) is 76.6 cm³/mol. The molecular weight excluding hydrogens is 244 g/mol. The van der Waals surface area contributed by atoms with Gasteiger partial charge >= 0.3 is 0 Å². The molecule has 0 amide bonds. The highest BCUT2D eigenvalue weighted by Crippen LogP contribution is 2.18. The van der Waals surface area contributed by atoms with Crippen LogP contribution in [0.5, 0.6) is 0 Å². The van der Waals surface area contributed by atoms with Crippen molar-refractivity contribution in [3.63, 3.8) is 0 Å². The first-order valence-electron chi connectivity index (χ1n) is 5.64. The second-order valence-corrected chi connectivity index (χ2v) is 4.52. The molecule has 0 unspecified atom stereocenters. The second-order valence-electron chi connectivity index (χ2n) is 4.03. The molecular formula is C14H10N2OS. The Balaban J connectivity index is 2.38. The van der Waals surface area contributed by atoms with Crippen LogP contribution in [-0.4, -0.2) is 14.4 Å². The van der Waals surface area contributed by atoms with Gasteiger partial charge in [-0.2, -0.15) is 0 Å². The van der Waals surface area contributed by atoms with Crippen molar-refractivity contribution in [2.75, 3.05) is 0 Å². The van der Waals surface area contributed by atoms with Crippen LogP contribution < -0.4 is 5.56 Å². The summed E-state index contributed by atoms with van der Waals surface area (Å²) in [6, 6.07) is 7.55. The Labute approximate surface area is 109 Å². The second kappa shape index (κ2) is 4.31. The van der Waals surface area contributed by atoms with Gasteiger partial charge in [-0.05, 0) is 18.2 Å². The maximum atomic E-state index is 12.1. The number of allylic oxidation sites excluding steroid dienone is 4. The van der Waals surface area contributed by atoms with Crippen LogP contribution in [-0.2, 0) is 0 Å². The van der Waals surface area contributed by atoms with Gasteiger partial charge in [0, 0.05) is 11.3 Å². The number of nitrogens with zero attached hydrogens (tertiary/aromatic N) is 2. The summed E-state index contributed by atoms with van der Waals surface area (Å²) in [7, 11) is 0. The van der Waals surface area contributed by atoms with Gasteiger partial charge in [-0.3, -0.25) is 9.36 Å². The first-order chi connectivity index (χ1) is 8.77. The fraction of sp³-hybridized carbons (Fsp3) is 0.0714. The number of fused-ring (bicyclic) bond motifs is 1. The lowest BCUT2D eigenvalue weighted by Gasteiger charge is -2.15. The first kappa shape index (κ1) is 11.0. The number of aromatic nitrogens is 2. The summed E-state index contributed by atoms with van der Waals surface area (Å²) in [5, 5.41) is 0. The molecule has 0 radical (unpaired) electrons. The molecule has 88 valence electrons. The Hall–Kier alpha value is -2.07. The van der Waals surface area contributed by atoms with E-state index in [1.165, 1.54) is 6.20 Å². The maximum Gasteiger partial charge on any atom is 0.274 e. The Morgan fingerprint density at radius 3 is 2.94 bits per heavy atom. The molecule has 1 heterocycles. The molecule has 3 rings (SSSR count). The Bertz CT molecular complexity index is 756. The highest BCUT2D eigenvalue weighted by Gasteiger charge is 2.13. The largest absolute Gasteiger partial charge is 0.274 e. The number of benzene rings is 1. The summed E-state index contributed by atoms with van der Waals surface area (Å²) < 4.78 is 1.63. The molecule has 0 saturated heterocycles. The number of para-hydroxylation sites is 2. The minimum atomic E-state index is -0.155. The van der Waals surface area contributed by atoms with E-state index in [0.29, 0.717) is 6.42 Å². The quantitative estimate of drug-likeness (QED) is 0.734. The highest BCUT2D eigenvalue weighted by molar-refractivity contribution is 7.81. The molecule has 1 aliphatic carbocycles. The zero-order valence-electron chi connectivity index (χ0n) is 9.54. The Morgan fingerprint density at radius 1 is 1.28 bits per heavy atom. The third-order valence-electron chi connectivity index (χ3n) is 2.88. The summed E-state index contributed by atoms with van der Waals surface area (Å²) >= 11 is 5.33. The molecule has 1 aliphatic rings. The summed E-state index contributed by atoms with van der Waals surface area (Å²) in [6.07, 6.45) is 7.82.